The van der Waals surface area contributed by atoms with Gasteiger partial charge in [0.15, 0.2) is 5.76 Å². The number of esters is 1. The molecule has 2 N–H and O–H groups in total. The molecule has 2 aromatic rings. The Balaban J connectivity index is 2.46. The monoisotopic (exact) mass is 421 g/mol. The molecule has 1 amide bonds. The van der Waals surface area contributed by atoms with Gasteiger partial charge in [-0.2, -0.15) is 13.2 Å². The highest BCUT2D eigenvalue weighted by atomic mass is 79.9. The zero-order valence-electron chi connectivity index (χ0n) is 12.6. The summed E-state index contributed by atoms with van der Waals surface area (Å²) in [7, 11) is 0.762. The molecule has 0 saturated heterocycles. The molecule has 11 heteroatoms. The van der Waals surface area contributed by atoms with Crippen molar-refractivity contribution < 1.29 is 31.9 Å². The van der Waals surface area contributed by atoms with E-state index < -0.39 is 29.5 Å². The molecule has 25 heavy (non-hydrogen) atoms. The highest BCUT2D eigenvalue weighted by Gasteiger charge is 2.64. The number of anilines is 1. The smallest absolute Gasteiger partial charge is 0.441 e. The summed E-state index contributed by atoms with van der Waals surface area (Å²) in [4.78, 5) is 27.7. The topological polar surface area (TPSA) is 93.5 Å². The Morgan fingerprint density at radius 1 is 1.28 bits per heavy atom. The first-order chi connectivity index (χ1) is 11.7. The van der Waals surface area contributed by atoms with Crippen molar-refractivity contribution in [2.75, 3.05) is 12.4 Å². The number of carbonyl (C=O) groups is 2. The number of carbonyl (C=O) groups excluding carboxylic acids is 2. The standard InChI is InChI=1S/C14H11BrF3N3O4/c1-24-12(23)13(14(16,17)18,20-10-5-4-8(15)7-19-10)21-11(22)9-3-2-6-25-9/h2-7H,1H3,(H,19,20)(H,21,22)/t13-/m1/s1. The lowest BCUT2D eigenvalue weighted by Gasteiger charge is -2.34. The van der Waals surface area contributed by atoms with Gasteiger partial charge in [0.05, 0.1) is 13.4 Å². The lowest BCUT2D eigenvalue weighted by molar-refractivity contribution is -0.203. The fourth-order valence-electron chi connectivity index (χ4n) is 1.83. The molecule has 0 fully saturated rings. The van der Waals surface area contributed by atoms with E-state index in [1.54, 1.807) is 5.32 Å². The van der Waals surface area contributed by atoms with Crippen molar-refractivity contribution in [3.05, 3.63) is 47.0 Å². The molecule has 0 aliphatic heterocycles. The van der Waals surface area contributed by atoms with E-state index in [9.17, 15) is 22.8 Å². The largest absolute Gasteiger partial charge is 0.466 e. The van der Waals surface area contributed by atoms with E-state index in [4.69, 9.17) is 4.42 Å². The molecule has 0 saturated carbocycles. The van der Waals surface area contributed by atoms with Gasteiger partial charge in [-0.25, -0.2) is 9.78 Å². The third-order valence-electron chi connectivity index (χ3n) is 3.01. The molecule has 134 valence electrons. The van der Waals surface area contributed by atoms with E-state index in [0.29, 0.717) is 4.47 Å². The quantitative estimate of drug-likeness (QED) is 0.569. The van der Waals surface area contributed by atoms with Gasteiger partial charge in [0.25, 0.3) is 5.91 Å². The van der Waals surface area contributed by atoms with E-state index >= 15 is 0 Å². The summed E-state index contributed by atoms with van der Waals surface area (Å²) >= 11 is 3.09. The number of nitrogens with one attached hydrogen (secondary N) is 2. The SMILES string of the molecule is COC(=O)[C@](NC(=O)c1ccco1)(Nc1ccc(Br)cn1)C(F)(F)F. The fourth-order valence-corrected chi connectivity index (χ4v) is 2.06. The van der Waals surface area contributed by atoms with E-state index in [1.807, 2.05) is 5.32 Å². The molecule has 0 bridgehead atoms. The Labute approximate surface area is 147 Å². The number of aromatic nitrogens is 1. The van der Waals surface area contributed by atoms with E-state index in [1.165, 1.54) is 24.4 Å². The molecule has 0 aliphatic rings. The molecule has 0 radical (unpaired) electrons. The number of hydrogen-bond acceptors (Lipinski definition) is 6. The molecule has 0 unspecified atom stereocenters. The minimum atomic E-state index is -5.25. The molecule has 0 aliphatic carbocycles. The average Bonchev–Trinajstić information content (AvgIpc) is 3.09. The predicted octanol–water partition coefficient (Wildman–Crippen LogP) is 2.71. The highest BCUT2D eigenvalue weighted by molar-refractivity contribution is 9.10. The molecular weight excluding hydrogens is 411 g/mol. The summed E-state index contributed by atoms with van der Waals surface area (Å²) in [6.07, 6.45) is -2.93. The van der Waals surface area contributed by atoms with Gasteiger partial charge in [-0.05, 0) is 40.2 Å². The van der Waals surface area contributed by atoms with Gasteiger partial charge in [0.2, 0.25) is 0 Å². The van der Waals surface area contributed by atoms with Gasteiger partial charge in [0.1, 0.15) is 5.82 Å². The number of halogens is 4. The van der Waals surface area contributed by atoms with Crippen molar-refractivity contribution in [1.29, 1.82) is 0 Å². The van der Waals surface area contributed by atoms with Crippen molar-refractivity contribution in [2.45, 2.75) is 11.8 Å². The number of furan rings is 1. The normalized spacial score (nSPS) is 13.6. The van der Waals surface area contributed by atoms with Crippen LogP contribution in [-0.4, -0.2) is 35.8 Å². The van der Waals surface area contributed by atoms with Crippen LogP contribution in [0.5, 0.6) is 0 Å². The van der Waals surface area contributed by atoms with Crippen LogP contribution in [0.15, 0.2) is 45.6 Å². The Morgan fingerprint density at radius 2 is 2.00 bits per heavy atom. The van der Waals surface area contributed by atoms with Crippen LogP contribution in [0, 0.1) is 0 Å². The van der Waals surface area contributed by atoms with Crippen molar-refractivity contribution in [3.8, 4) is 0 Å². The average molecular weight is 422 g/mol. The molecule has 1 atom stereocenters. The van der Waals surface area contributed by atoms with Crippen LogP contribution in [0.4, 0.5) is 19.0 Å². The molecule has 2 rings (SSSR count). The van der Waals surface area contributed by atoms with Gasteiger partial charge >= 0.3 is 17.8 Å². The minimum Gasteiger partial charge on any atom is -0.466 e. The molecule has 7 nitrogen and oxygen atoms in total. The Morgan fingerprint density at radius 3 is 2.48 bits per heavy atom. The van der Waals surface area contributed by atoms with Gasteiger partial charge in [0, 0.05) is 10.7 Å². The maximum atomic E-state index is 13.7. The van der Waals surface area contributed by atoms with E-state index in [0.717, 1.165) is 19.4 Å². The van der Waals surface area contributed by atoms with E-state index in [-0.39, 0.29) is 5.82 Å². The Kier molecular flexibility index (Phi) is 5.36. The second-order valence-corrected chi connectivity index (χ2v) is 5.57. The fraction of sp³-hybridized carbons (Fsp3) is 0.214. The van der Waals surface area contributed by atoms with Crippen LogP contribution < -0.4 is 10.6 Å². The van der Waals surface area contributed by atoms with Gasteiger partial charge in [-0.1, -0.05) is 0 Å². The lowest BCUT2D eigenvalue weighted by atomic mass is 10.1. The molecule has 0 aromatic carbocycles. The van der Waals surface area contributed by atoms with Crippen molar-refractivity contribution in [3.63, 3.8) is 0 Å². The van der Waals surface area contributed by atoms with Crippen LogP contribution in [0.1, 0.15) is 10.6 Å². The number of methoxy groups -OCH3 is 1. The van der Waals surface area contributed by atoms with Gasteiger partial charge in [-0.3, -0.25) is 4.79 Å². The second-order valence-electron chi connectivity index (χ2n) is 4.66. The van der Waals surface area contributed by atoms with Crippen LogP contribution in [0.2, 0.25) is 0 Å². The van der Waals surface area contributed by atoms with Crippen molar-refractivity contribution in [1.82, 2.24) is 10.3 Å². The molecule has 2 heterocycles. The number of amides is 1. The Bertz CT molecular complexity index is 750. The summed E-state index contributed by atoms with van der Waals surface area (Å²) in [5.74, 6) is -3.77. The Hall–Kier alpha value is -2.56. The minimum absolute atomic E-state index is 0.314. The van der Waals surface area contributed by atoms with Crippen molar-refractivity contribution >= 4 is 33.6 Å². The van der Waals surface area contributed by atoms with Crippen LogP contribution in [-0.2, 0) is 9.53 Å². The number of alkyl halides is 3. The first-order valence-corrected chi connectivity index (χ1v) is 7.40. The first-order valence-electron chi connectivity index (χ1n) is 6.60. The third kappa shape index (κ3) is 3.92. The maximum absolute atomic E-state index is 13.7. The number of hydrogen-bond donors (Lipinski definition) is 2. The zero-order valence-corrected chi connectivity index (χ0v) is 14.1. The number of ether oxygens (including phenoxy) is 1. The lowest BCUT2D eigenvalue weighted by Crippen LogP contribution is -2.69. The summed E-state index contributed by atoms with van der Waals surface area (Å²) < 4.78 is 50.7. The van der Waals surface area contributed by atoms with Crippen LogP contribution >= 0.6 is 15.9 Å². The summed E-state index contributed by atoms with van der Waals surface area (Å²) in [5.41, 5.74) is -3.56. The third-order valence-corrected chi connectivity index (χ3v) is 3.47. The van der Waals surface area contributed by atoms with Gasteiger partial charge < -0.3 is 19.8 Å². The number of pyridine rings is 1. The van der Waals surface area contributed by atoms with Gasteiger partial charge in [-0.15, -0.1) is 0 Å². The highest BCUT2D eigenvalue weighted by Crippen LogP contribution is 2.33. The van der Waals surface area contributed by atoms with Crippen LogP contribution in [0.3, 0.4) is 0 Å². The summed E-state index contributed by atoms with van der Waals surface area (Å²) in [6, 6.07) is 5.05. The zero-order chi connectivity index (χ0) is 18.7. The molecular formula is C14H11BrF3N3O4. The molecule has 0 spiro atoms. The first kappa shape index (κ1) is 18.8. The predicted molar refractivity (Wildman–Crippen MR) is 82.5 cm³/mol. The number of nitrogens with zero attached hydrogens (tertiary/aromatic N) is 1. The summed E-state index contributed by atoms with van der Waals surface area (Å²) in [5, 5.41) is 3.49. The second kappa shape index (κ2) is 7.13. The molecule has 2 aromatic heterocycles. The van der Waals surface area contributed by atoms with Crippen LogP contribution in [0.25, 0.3) is 0 Å². The number of rotatable bonds is 5. The van der Waals surface area contributed by atoms with E-state index in [2.05, 4.69) is 25.7 Å². The summed E-state index contributed by atoms with van der Waals surface area (Å²) in [6.45, 7) is 0. The maximum Gasteiger partial charge on any atom is 0.441 e. The van der Waals surface area contributed by atoms with Crippen molar-refractivity contribution in [2.24, 2.45) is 0 Å².